The standard InChI is InChI=1S/C17H16N4O3S2/c1-20(11-16-18-13-4-2-3-5-14(13)25-16)17(22)12-6-7-15-19-26(23,24)9-8-21(15)10-12/h2-7,10H,8-9,11H2,1H3. The summed E-state index contributed by atoms with van der Waals surface area (Å²) in [5.74, 6) is 0.152. The molecule has 0 spiro atoms. The first-order chi connectivity index (χ1) is 12.4. The van der Waals surface area contributed by atoms with Crippen molar-refractivity contribution in [3.8, 4) is 0 Å². The number of para-hydroxylation sites is 1. The minimum absolute atomic E-state index is 0.0517. The van der Waals surface area contributed by atoms with Crippen LogP contribution in [0.25, 0.3) is 10.2 Å². The number of fused-ring (bicyclic) bond motifs is 2. The van der Waals surface area contributed by atoms with Crippen LogP contribution < -0.4 is 0 Å². The second kappa shape index (κ2) is 6.33. The highest BCUT2D eigenvalue weighted by atomic mass is 32.2. The van der Waals surface area contributed by atoms with Gasteiger partial charge in [-0.2, -0.15) is 0 Å². The molecule has 3 heterocycles. The van der Waals surface area contributed by atoms with Crippen molar-refractivity contribution in [3.63, 3.8) is 0 Å². The van der Waals surface area contributed by atoms with Gasteiger partial charge in [0.05, 0.1) is 28.1 Å². The molecule has 0 aliphatic carbocycles. The van der Waals surface area contributed by atoms with E-state index in [0.29, 0.717) is 24.5 Å². The van der Waals surface area contributed by atoms with Crippen molar-refractivity contribution in [3.05, 3.63) is 53.2 Å². The molecule has 2 aromatic rings. The molecule has 2 aliphatic heterocycles. The van der Waals surface area contributed by atoms with Crippen LogP contribution in [0.5, 0.6) is 0 Å². The summed E-state index contributed by atoms with van der Waals surface area (Å²) in [4.78, 5) is 20.6. The molecule has 2 aliphatic rings. The third-order valence-corrected chi connectivity index (χ3v) is 6.31. The van der Waals surface area contributed by atoms with E-state index in [0.717, 1.165) is 15.2 Å². The Morgan fingerprint density at radius 3 is 2.92 bits per heavy atom. The van der Waals surface area contributed by atoms with Gasteiger partial charge in [0.15, 0.2) is 0 Å². The zero-order chi connectivity index (χ0) is 18.3. The SMILES string of the molecule is CN(Cc1nc2ccccc2s1)C(=O)C1=CN2CCS(=O)(=O)N=C2C=C1. The molecular weight excluding hydrogens is 372 g/mol. The lowest BCUT2D eigenvalue weighted by atomic mass is 10.1. The van der Waals surface area contributed by atoms with Gasteiger partial charge in [-0.15, -0.1) is 15.7 Å². The largest absolute Gasteiger partial charge is 0.335 e. The van der Waals surface area contributed by atoms with Gasteiger partial charge in [-0.1, -0.05) is 12.1 Å². The van der Waals surface area contributed by atoms with Crippen LogP contribution in [0.4, 0.5) is 0 Å². The van der Waals surface area contributed by atoms with E-state index in [-0.39, 0.29) is 11.7 Å². The maximum absolute atomic E-state index is 12.7. The second-order valence-corrected chi connectivity index (χ2v) is 8.95. The van der Waals surface area contributed by atoms with E-state index in [1.807, 2.05) is 24.3 Å². The lowest BCUT2D eigenvalue weighted by Crippen LogP contribution is -2.38. The molecule has 134 valence electrons. The van der Waals surface area contributed by atoms with E-state index >= 15 is 0 Å². The molecule has 0 radical (unpaired) electrons. The minimum atomic E-state index is -3.40. The molecule has 0 fully saturated rings. The third-order valence-electron chi connectivity index (χ3n) is 4.13. The number of amides is 1. The molecule has 9 heteroatoms. The average molecular weight is 388 g/mol. The van der Waals surface area contributed by atoms with Crippen molar-refractivity contribution >= 4 is 43.3 Å². The number of nitrogens with zero attached hydrogens (tertiary/aromatic N) is 4. The predicted molar refractivity (Wildman–Crippen MR) is 101 cm³/mol. The number of sulfonamides is 1. The maximum atomic E-state index is 12.7. The van der Waals surface area contributed by atoms with Crippen LogP contribution in [0.1, 0.15) is 5.01 Å². The van der Waals surface area contributed by atoms with Gasteiger partial charge in [0.2, 0.25) is 0 Å². The zero-order valence-corrected chi connectivity index (χ0v) is 15.6. The van der Waals surface area contributed by atoms with Crippen LogP contribution in [0, 0.1) is 0 Å². The Balaban J connectivity index is 1.51. The Bertz CT molecular complexity index is 1050. The Hall–Kier alpha value is -2.52. The van der Waals surface area contributed by atoms with E-state index in [1.165, 1.54) is 0 Å². The average Bonchev–Trinajstić information content (AvgIpc) is 3.02. The second-order valence-electron chi connectivity index (χ2n) is 6.08. The zero-order valence-electron chi connectivity index (χ0n) is 14.0. The summed E-state index contributed by atoms with van der Waals surface area (Å²) in [7, 11) is -1.67. The summed E-state index contributed by atoms with van der Waals surface area (Å²) in [5.41, 5.74) is 1.42. The number of aromatic nitrogens is 1. The van der Waals surface area contributed by atoms with Crippen LogP contribution >= 0.6 is 11.3 Å². The lowest BCUT2D eigenvalue weighted by Gasteiger charge is -2.28. The molecule has 7 nitrogen and oxygen atoms in total. The van der Waals surface area contributed by atoms with Crippen LogP contribution in [-0.2, 0) is 21.4 Å². The summed E-state index contributed by atoms with van der Waals surface area (Å²) in [6.07, 6.45) is 4.83. The van der Waals surface area contributed by atoms with Gasteiger partial charge in [-0.3, -0.25) is 4.79 Å². The molecule has 4 rings (SSSR count). The Labute approximate surface area is 155 Å². The van der Waals surface area contributed by atoms with Gasteiger partial charge in [0, 0.05) is 19.8 Å². The van der Waals surface area contributed by atoms with Gasteiger partial charge in [0.1, 0.15) is 10.8 Å². The summed E-state index contributed by atoms with van der Waals surface area (Å²) >= 11 is 1.57. The summed E-state index contributed by atoms with van der Waals surface area (Å²) in [5, 5.41) is 0.869. The Kier molecular flexibility index (Phi) is 4.12. The van der Waals surface area contributed by atoms with Crippen LogP contribution in [-0.4, -0.2) is 54.3 Å². The normalized spacial score (nSPS) is 18.3. The van der Waals surface area contributed by atoms with Crippen LogP contribution in [0.2, 0.25) is 0 Å². The summed E-state index contributed by atoms with van der Waals surface area (Å²) in [6.45, 7) is 0.711. The van der Waals surface area contributed by atoms with Crippen molar-refractivity contribution in [2.45, 2.75) is 6.54 Å². The number of likely N-dealkylation sites (N-methyl/N-ethyl adjacent to an activating group) is 1. The first-order valence-corrected chi connectivity index (χ1v) is 10.4. The van der Waals surface area contributed by atoms with Gasteiger partial charge < -0.3 is 9.80 Å². The molecule has 0 saturated carbocycles. The molecular formula is C17H16N4O3S2. The van der Waals surface area contributed by atoms with Crippen LogP contribution in [0.3, 0.4) is 0 Å². The van der Waals surface area contributed by atoms with Crippen molar-refractivity contribution in [2.24, 2.45) is 4.40 Å². The number of carbonyl (C=O) groups is 1. The van der Waals surface area contributed by atoms with Gasteiger partial charge in [-0.05, 0) is 24.3 Å². The smallest absolute Gasteiger partial charge is 0.256 e. The molecule has 0 saturated heterocycles. The fourth-order valence-corrected chi connectivity index (χ4v) is 4.80. The lowest BCUT2D eigenvalue weighted by molar-refractivity contribution is -0.126. The third kappa shape index (κ3) is 3.27. The summed E-state index contributed by atoms with van der Waals surface area (Å²) < 4.78 is 27.9. The Morgan fingerprint density at radius 2 is 2.12 bits per heavy atom. The number of benzene rings is 1. The monoisotopic (exact) mass is 388 g/mol. The highest BCUT2D eigenvalue weighted by molar-refractivity contribution is 7.90. The number of rotatable bonds is 3. The number of thiazole rings is 1. The fourth-order valence-electron chi connectivity index (χ4n) is 2.81. The number of hydrogen-bond acceptors (Lipinski definition) is 6. The van der Waals surface area contributed by atoms with E-state index in [1.54, 1.807) is 46.5 Å². The van der Waals surface area contributed by atoms with E-state index in [2.05, 4.69) is 9.38 Å². The van der Waals surface area contributed by atoms with Crippen molar-refractivity contribution in [2.75, 3.05) is 19.3 Å². The van der Waals surface area contributed by atoms with Crippen molar-refractivity contribution in [1.29, 1.82) is 0 Å². The van der Waals surface area contributed by atoms with Gasteiger partial charge in [0.25, 0.3) is 15.9 Å². The van der Waals surface area contributed by atoms with E-state index < -0.39 is 10.0 Å². The fraction of sp³-hybridized carbons (Fsp3) is 0.235. The predicted octanol–water partition coefficient (Wildman–Crippen LogP) is 1.75. The van der Waals surface area contributed by atoms with E-state index in [9.17, 15) is 13.2 Å². The quantitative estimate of drug-likeness (QED) is 0.800. The molecule has 1 aromatic carbocycles. The number of amidine groups is 1. The van der Waals surface area contributed by atoms with Crippen molar-refractivity contribution < 1.29 is 13.2 Å². The summed E-state index contributed by atoms with van der Waals surface area (Å²) in [6, 6.07) is 7.87. The minimum Gasteiger partial charge on any atom is -0.335 e. The van der Waals surface area contributed by atoms with E-state index in [4.69, 9.17) is 0 Å². The Morgan fingerprint density at radius 1 is 1.31 bits per heavy atom. The molecule has 1 amide bonds. The number of hydrogen-bond donors (Lipinski definition) is 0. The molecule has 0 N–H and O–H groups in total. The first kappa shape index (κ1) is 16.9. The van der Waals surface area contributed by atoms with Crippen LogP contribution in [0.15, 0.2) is 52.6 Å². The highest BCUT2D eigenvalue weighted by Crippen LogP contribution is 2.23. The van der Waals surface area contributed by atoms with Crippen molar-refractivity contribution in [1.82, 2.24) is 14.8 Å². The molecule has 0 unspecified atom stereocenters. The topological polar surface area (TPSA) is 82.9 Å². The molecule has 1 aromatic heterocycles. The molecule has 0 bridgehead atoms. The van der Waals surface area contributed by atoms with Gasteiger partial charge >= 0.3 is 0 Å². The first-order valence-electron chi connectivity index (χ1n) is 8.00. The highest BCUT2D eigenvalue weighted by Gasteiger charge is 2.26. The molecule has 26 heavy (non-hydrogen) atoms. The maximum Gasteiger partial charge on any atom is 0.256 e. The number of carbonyl (C=O) groups excluding carboxylic acids is 1. The van der Waals surface area contributed by atoms with Gasteiger partial charge in [-0.25, -0.2) is 13.4 Å². The molecule has 0 atom stereocenters.